The van der Waals surface area contributed by atoms with Gasteiger partial charge in [0.2, 0.25) is 0 Å². The molecule has 0 aliphatic carbocycles. The zero-order valence-electron chi connectivity index (χ0n) is 12.2. The molecule has 1 amide bonds. The molecular weight excluding hydrogens is 266 g/mol. The number of nitrogens with zero attached hydrogens (tertiary/aromatic N) is 3. The smallest absolute Gasteiger partial charge is 0.254 e. The number of aromatic nitrogens is 3. The number of amides is 1. The van der Waals surface area contributed by atoms with Crippen LogP contribution < -0.4 is 10.6 Å². The maximum absolute atomic E-state index is 12.2. The van der Waals surface area contributed by atoms with E-state index in [4.69, 9.17) is 0 Å². The maximum Gasteiger partial charge on any atom is 0.254 e. The number of anilines is 1. The number of hydrogen-bond donors (Lipinski definition) is 2. The number of nitrogens with one attached hydrogen (secondary N) is 2. The van der Waals surface area contributed by atoms with Crippen molar-refractivity contribution in [2.75, 3.05) is 18.4 Å². The van der Waals surface area contributed by atoms with Gasteiger partial charge in [0.25, 0.3) is 5.91 Å². The largest absolute Gasteiger partial charge is 0.384 e. The van der Waals surface area contributed by atoms with Gasteiger partial charge >= 0.3 is 0 Å². The quantitative estimate of drug-likeness (QED) is 0.728. The molecule has 0 saturated heterocycles. The van der Waals surface area contributed by atoms with Crippen LogP contribution in [0.25, 0.3) is 0 Å². The molecular formula is C15H21N5O. The van der Waals surface area contributed by atoms with Gasteiger partial charge in [0.15, 0.2) is 0 Å². The third kappa shape index (κ3) is 4.59. The first-order valence-electron chi connectivity index (χ1n) is 7.24. The third-order valence-corrected chi connectivity index (χ3v) is 3.04. The van der Waals surface area contributed by atoms with E-state index < -0.39 is 0 Å². The summed E-state index contributed by atoms with van der Waals surface area (Å²) in [5.41, 5.74) is 1.42. The Labute approximate surface area is 124 Å². The van der Waals surface area contributed by atoms with Gasteiger partial charge in [-0.25, -0.2) is 0 Å². The fourth-order valence-corrected chi connectivity index (χ4v) is 1.96. The van der Waals surface area contributed by atoms with Crippen LogP contribution in [-0.4, -0.2) is 33.8 Å². The van der Waals surface area contributed by atoms with Crippen molar-refractivity contribution < 1.29 is 4.79 Å². The van der Waals surface area contributed by atoms with E-state index >= 15 is 0 Å². The molecule has 0 atom stereocenters. The Balaban J connectivity index is 1.82. The molecule has 6 nitrogen and oxygen atoms in total. The van der Waals surface area contributed by atoms with Gasteiger partial charge in [-0.1, -0.05) is 6.92 Å². The van der Waals surface area contributed by atoms with Crippen molar-refractivity contribution >= 4 is 11.6 Å². The topological polar surface area (TPSA) is 71.8 Å². The summed E-state index contributed by atoms with van der Waals surface area (Å²) in [5, 5.41) is 10.3. The van der Waals surface area contributed by atoms with Gasteiger partial charge in [-0.15, -0.1) is 0 Å². The zero-order chi connectivity index (χ0) is 14.9. The summed E-state index contributed by atoms with van der Waals surface area (Å²) in [7, 11) is 0. The maximum atomic E-state index is 12.2. The minimum atomic E-state index is -0.0952. The van der Waals surface area contributed by atoms with Crippen molar-refractivity contribution in [2.45, 2.75) is 26.3 Å². The molecule has 0 radical (unpaired) electrons. The van der Waals surface area contributed by atoms with Crippen LogP contribution in [0.3, 0.4) is 0 Å². The van der Waals surface area contributed by atoms with Crippen LogP contribution in [0.15, 0.2) is 36.9 Å². The van der Waals surface area contributed by atoms with Crippen LogP contribution in [-0.2, 0) is 6.54 Å². The van der Waals surface area contributed by atoms with Gasteiger partial charge in [-0.3, -0.25) is 14.5 Å². The van der Waals surface area contributed by atoms with Crippen molar-refractivity contribution in [3.63, 3.8) is 0 Å². The van der Waals surface area contributed by atoms with Gasteiger partial charge in [0.05, 0.1) is 11.3 Å². The highest BCUT2D eigenvalue weighted by atomic mass is 16.1. The molecule has 2 heterocycles. The number of pyridine rings is 1. The van der Waals surface area contributed by atoms with Gasteiger partial charge in [0.1, 0.15) is 0 Å². The molecule has 0 unspecified atom stereocenters. The standard InChI is InChI=1S/C15H21N5O/c1-2-6-17-14-5-9-16-12-13(14)15(21)18-7-3-10-20-11-4-8-19-20/h4-5,8-9,11-12H,2-3,6-7,10H2,1H3,(H,16,17)(H,18,21). The molecule has 2 aromatic heterocycles. The number of hydrogen-bond acceptors (Lipinski definition) is 4. The fraction of sp³-hybridized carbons (Fsp3) is 0.400. The lowest BCUT2D eigenvalue weighted by Gasteiger charge is -2.11. The van der Waals surface area contributed by atoms with Crippen LogP contribution in [0.1, 0.15) is 30.1 Å². The lowest BCUT2D eigenvalue weighted by atomic mass is 10.2. The number of aryl methyl sites for hydroxylation is 1. The van der Waals surface area contributed by atoms with Crippen molar-refractivity contribution in [1.82, 2.24) is 20.1 Å². The van der Waals surface area contributed by atoms with Crippen LogP contribution >= 0.6 is 0 Å². The minimum absolute atomic E-state index is 0.0952. The monoisotopic (exact) mass is 287 g/mol. The molecule has 112 valence electrons. The van der Waals surface area contributed by atoms with E-state index in [9.17, 15) is 4.79 Å². The Morgan fingerprint density at radius 3 is 3.00 bits per heavy atom. The number of carbonyl (C=O) groups excluding carboxylic acids is 1. The average molecular weight is 287 g/mol. The summed E-state index contributed by atoms with van der Waals surface area (Å²) in [6.45, 7) is 4.33. The van der Waals surface area contributed by atoms with E-state index in [-0.39, 0.29) is 5.91 Å². The second-order valence-electron chi connectivity index (χ2n) is 4.73. The molecule has 0 spiro atoms. The molecule has 21 heavy (non-hydrogen) atoms. The fourth-order valence-electron chi connectivity index (χ4n) is 1.96. The Hall–Kier alpha value is -2.37. The van der Waals surface area contributed by atoms with E-state index in [0.717, 1.165) is 31.6 Å². The van der Waals surface area contributed by atoms with Crippen molar-refractivity contribution in [3.8, 4) is 0 Å². The lowest BCUT2D eigenvalue weighted by Crippen LogP contribution is -2.26. The minimum Gasteiger partial charge on any atom is -0.384 e. The van der Waals surface area contributed by atoms with Gasteiger partial charge in [-0.2, -0.15) is 5.10 Å². The molecule has 0 aliphatic heterocycles. The molecule has 2 aromatic rings. The summed E-state index contributed by atoms with van der Waals surface area (Å²) in [6, 6.07) is 3.72. The Morgan fingerprint density at radius 1 is 1.33 bits per heavy atom. The molecule has 0 aromatic carbocycles. The van der Waals surface area contributed by atoms with Crippen molar-refractivity contribution in [3.05, 3.63) is 42.5 Å². The lowest BCUT2D eigenvalue weighted by molar-refractivity contribution is 0.0953. The van der Waals surface area contributed by atoms with Crippen molar-refractivity contribution in [1.29, 1.82) is 0 Å². The first kappa shape index (κ1) is 15.0. The second-order valence-corrected chi connectivity index (χ2v) is 4.73. The van der Waals surface area contributed by atoms with E-state index in [1.807, 2.05) is 23.0 Å². The Morgan fingerprint density at radius 2 is 2.24 bits per heavy atom. The van der Waals surface area contributed by atoms with Crippen LogP contribution in [0.4, 0.5) is 5.69 Å². The molecule has 0 aliphatic rings. The van der Waals surface area contributed by atoms with E-state index in [2.05, 4.69) is 27.6 Å². The number of rotatable bonds is 8. The summed E-state index contributed by atoms with van der Waals surface area (Å²) < 4.78 is 1.85. The number of carbonyl (C=O) groups is 1. The van der Waals surface area contributed by atoms with Gasteiger partial charge in [0, 0.05) is 44.4 Å². The molecule has 0 bridgehead atoms. The predicted octanol–water partition coefficient (Wildman–Crippen LogP) is 1.92. The summed E-state index contributed by atoms with van der Waals surface area (Å²) in [4.78, 5) is 16.2. The summed E-state index contributed by atoms with van der Waals surface area (Å²) in [6.07, 6.45) is 8.79. The molecule has 0 saturated carbocycles. The van der Waals surface area contributed by atoms with Gasteiger partial charge in [-0.05, 0) is 25.0 Å². The van der Waals surface area contributed by atoms with E-state index in [1.165, 1.54) is 0 Å². The Bertz CT molecular complexity index is 553. The highest BCUT2D eigenvalue weighted by Crippen LogP contribution is 2.13. The van der Waals surface area contributed by atoms with E-state index in [0.29, 0.717) is 12.1 Å². The zero-order valence-corrected chi connectivity index (χ0v) is 12.2. The molecule has 2 N–H and O–H groups in total. The summed E-state index contributed by atoms with van der Waals surface area (Å²) >= 11 is 0. The van der Waals surface area contributed by atoms with Crippen molar-refractivity contribution in [2.24, 2.45) is 0 Å². The van der Waals surface area contributed by atoms with Crippen LogP contribution in [0.2, 0.25) is 0 Å². The van der Waals surface area contributed by atoms with Crippen LogP contribution in [0.5, 0.6) is 0 Å². The van der Waals surface area contributed by atoms with Crippen LogP contribution in [0, 0.1) is 0 Å². The molecule has 2 rings (SSSR count). The van der Waals surface area contributed by atoms with Gasteiger partial charge < -0.3 is 10.6 Å². The third-order valence-electron chi connectivity index (χ3n) is 3.04. The predicted molar refractivity (Wildman–Crippen MR) is 82.2 cm³/mol. The SMILES string of the molecule is CCCNc1ccncc1C(=O)NCCCn1cccn1. The first-order chi connectivity index (χ1) is 10.3. The highest BCUT2D eigenvalue weighted by molar-refractivity contribution is 5.99. The average Bonchev–Trinajstić information content (AvgIpc) is 3.03. The summed E-state index contributed by atoms with van der Waals surface area (Å²) in [5.74, 6) is -0.0952. The molecule has 0 fully saturated rings. The first-order valence-corrected chi connectivity index (χ1v) is 7.24. The van der Waals surface area contributed by atoms with E-state index in [1.54, 1.807) is 18.6 Å². The second kappa shape index (κ2) is 8.04. The highest BCUT2D eigenvalue weighted by Gasteiger charge is 2.10. The molecule has 6 heteroatoms. The Kier molecular flexibility index (Phi) is 5.75. The normalized spacial score (nSPS) is 10.3.